The molecule has 0 saturated carbocycles. The summed E-state index contributed by atoms with van der Waals surface area (Å²) in [5.74, 6) is 0. The highest BCUT2D eigenvalue weighted by Crippen LogP contribution is 2.25. The molecule has 0 aromatic heterocycles. The van der Waals surface area contributed by atoms with Gasteiger partial charge in [0, 0.05) is 36.7 Å². The van der Waals surface area contributed by atoms with Crippen LogP contribution in [0.4, 0.5) is 0 Å². The van der Waals surface area contributed by atoms with Crippen molar-refractivity contribution in [1.29, 1.82) is 0 Å². The van der Waals surface area contributed by atoms with Crippen LogP contribution in [0.1, 0.15) is 24.9 Å². The van der Waals surface area contributed by atoms with E-state index in [0.29, 0.717) is 12.1 Å². The zero-order valence-electron chi connectivity index (χ0n) is 12.8. The van der Waals surface area contributed by atoms with Gasteiger partial charge in [0.15, 0.2) is 0 Å². The first-order chi connectivity index (χ1) is 9.61. The summed E-state index contributed by atoms with van der Waals surface area (Å²) in [4.78, 5) is 4.88. The second-order valence-electron chi connectivity index (χ2n) is 5.80. The van der Waals surface area contributed by atoms with E-state index in [1.165, 1.54) is 5.56 Å². The quantitative estimate of drug-likeness (QED) is 0.901. The van der Waals surface area contributed by atoms with Gasteiger partial charge in [0.1, 0.15) is 0 Å². The zero-order valence-corrected chi connectivity index (χ0v) is 13.5. The van der Waals surface area contributed by atoms with E-state index in [2.05, 4.69) is 48.3 Å². The van der Waals surface area contributed by atoms with Crippen LogP contribution in [0.25, 0.3) is 0 Å². The van der Waals surface area contributed by atoms with Gasteiger partial charge in [0.25, 0.3) is 0 Å². The minimum Gasteiger partial charge on any atom is -0.309 e. The molecular weight excluding hydrogens is 270 g/mol. The van der Waals surface area contributed by atoms with Crippen molar-refractivity contribution >= 4 is 11.6 Å². The van der Waals surface area contributed by atoms with Crippen molar-refractivity contribution in [2.45, 2.75) is 25.4 Å². The Morgan fingerprint density at radius 2 is 2.15 bits per heavy atom. The first-order valence-electron chi connectivity index (χ1n) is 7.49. The number of rotatable bonds is 5. The molecule has 1 N–H and O–H groups in total. The largest absolute Gasteiger partial charge is 0.309 e. The van der Waals surface area contributed by atoms with Gasteiger partial charge >= 0.3 is 0 Å². The van der Waals surface area contributed by atoms with Gasteiger partial charge in [-0.1, -0.05) is 30.7 Å². The van der Waals surface area contributed by atoms with Gasteiger partial charge in [-0.05, 0) is 44.8 Å². The summed E-state index contributed by atoms with van der Waals surface area (Å²) < 4.78 is 0. The Kier molecular flexibility index (Phi) is 5.85. The van der Waals surface area contributed by atoms with Crippen LogP contribution in [0.15, 0.2) is 24.3 Å². The maximum Gasteiger partial charge on any atom is 0.0491 e. The number of likely N-dealkylation sites (N-methyl/N-ethyl adjacent to an activating group) is 2. The molecule has 2 atom stereocenters. The van der Waals surface area contributed by atoms with Crippen LogP contribution in [0.2, 0.25) is 5.02 Å². The van der Waals surface area contributed by atoms with E-state index in [1.807, 2.05) is 12.1 Å². The van der Waals surface area contributed by atoms with E-state index in [0.717, 1.165) is 37.6 Å². The molecule has 1 fully saturated rings. The Morgan fingerprint density at radius 1 is 1.35 bits per heavy atom. The molecule has 1 aliphatic rings. The van der Waals surface area contributed by atoms with Crippen LogP contribution >= 0.6 is 11.6 Å². The van der Waals surface area contributed by atoms with Crippen molar-refractivity contribution < 1.29 is 0 Å². The third-order valence-corrected chi connectivity index (χ3v) is 4.34. The normalized spacial score (nSPS) is 22.9. The van der Waals surface area contributed by atoms with Crippen molar-refractivity contribution in [2.75, 3.05) is 40.3 Å². The fourth-order valence-electron chi connectivity index (χ4n) is 2.88. The summed E-state index contributed by atoms with van der Waals surface area (Å²) in [6.45, 7) is 6.59. The van der Waals surface area contributed by atoms with E-state index in [1.54, 1.807) is 0 Å². The molecular formula is C16H26ClN3. The first kappa shape index (κ1) is 15.8. The third kappa shape index (κ3) is 3.95. The van der Waals surface area contributed by atoms with Gasteiger partial charge in [-0.25, -0.2) is 0 Å². The Labute approximate surface area is 127 Å². The average Bonchev–Trinajstić information content (AvgIpc) is 2.43. The van der Waals surface area contributed by atoms with Gasteiger partial charge in [-0.15, -0.1) is 0 Å². The predicted octanol–water partition coefficient (Wildman–Crippen LogP) is 2.63. The third-order valence-electron chi connectivity index (χ3n) is 4.11. The van der Waals surface area contributed by atoms with Crippen LogP contribution in [0, 0.1) is 0 Å². The lowest BCUT2D eigenvalue weighted by Gasteiger charge is -2.42. The fourth-order valence-corrected chi connectivity index (χ4v) is 3.08. The number of piperazine rings is 1. The second kappa shape index (κ2) is 7.41. The highest BCUT2D eigenvalue weighted by molar-refractivity contribution is 6.30. The summed E-state index contributed by atoms with van der Waals surface area (Å²) in [6.07, 6.45) is 1.14. The van der Waals surface area contributed by atoms with E-state index >= 15 is 0 Å². The van der Waals surface area contributed by atoms with Gasteiger partial charge in [-0.3, -0.25) is 4.90 Å². The molecule has 2 unspecified atom stereocenters. The van der Waals surface area contributed by atoms with E-state index in [-0.39, 0.29) is 0 Å². The number of benzene rings is 1. The molecule has 0 aliphatic carbocycles. The molecule has 1 saturated heterocycles. The molecule has 0 bridgehead atoms. The molecule has 4 heteroatoms. The van der Waals surface area contributed by atoms with Crippen molar-refractivity contribution in [3.63, 3.8) is 0 Å². The number of nitrogens with zero attached hydrogens (tertiary/aromatic N) is 2. The monoisotopic (exact) mass is 295 g/mol. The van der Waals surface area contributed by atoms with E-state index < -0.39 is 0 Å². The number of nitrogens with one attached hydrogen (secondary N) is 1. The molecule has 1 aliphatic heterocycles. The van der Waals surface area contributed by atoms with Gasteiger partial charge in [0.2, 0.25) is 0 Å². The van der Waals surface area contributed by atoms with Gasteiger partial charge in [-0.2, -0.15) is 0 Å². The highest BCUT2D eigenvalue weighted by atomic mass is 35.5. The lowest BCUT2D eigenvalue weighted by Crippen LogP contribution is -2.55. The molecule has 0 spiro atoms. The molecule has 1 aromatic rings. The maximum absolute atomic E-state index is 6.18. The summed E-state index contributed by atoms with van der Waals surface area (Å²) in [5, 5.41) is 4.52. The lowest BCUT2D eigenvalue weighted by atomic mass is 9.96. The number of hydrogen-bond donors (Lipinski definition) is 1. The van der Waals surface area contributed by atoms with E-state index in [9.17, 15) is 0 Å². The fraction of sp³-hybridized carbons (Fsp3) is 0.625. The van der Waals surface area contributed by atoms with Gasteiger partial charge in [0.05, 0.1) is 0 Å². The average molecular weight is 296 g/mol. The standard InChI is InChI=1S/C16H26ClN3/c1-4-8-18-16(13-6-5-7-14(17)11-13)15-12-19(2)9-10-20(15)3/h5-7,11,15-16,18H,4,8-10,12H2,1-3H3. The maximum atomic E-state index is 6.18. The molecule has 1 heterocycles. The van der Waals surface area contributed by atoms with E-state index in [4.69, 9.17) is 11.6 Å². The molecule has 3 nitrogen and oxygen atoms in total. The summed E-state index contributed by atoms with van der Waals surface area (Å²) in [6, 6.07) is 9.09. The Hall–Kier alpha value is -0.610. The number of hydrogen-bond acceptors (Lipinski definition) is 3. The van der Waals surface area contributed by atoms with Crippen LogP contribution in [0.3, 0.4) is 0 Å². The van der Waals surface area contributed by atoms with Crippen LogP contribution in [-0.4, -0.2) is 56.1 Å². The van der Waals surface area contributed by atoms with Crippen molar-refractivity contribution in [2.24, 2.45) is 0 Å². The SMILES string of the molecule is CCCNC(c1cccc(Cl)c1)C1CN(C)CCN1C. The lowest BCUT2D eigenvalue weighted by molar-refractivity contribution is 0.0876. The predicted molar refractivity (Wildman–Crippen MR) is 86.4 cm³/mol. The minimum atomic E-state index is 0.335. The first-order valence-corrected chi connectivity index (χ1v) is 7.87. The summed E-state index contributed by atoms with van der Waals surface area (Å²) in [7, 11) is 4.43. The van der Waals surface area contributed by atoms with Crippen molar-refractivity contribution in [3.05, 3.63) is 34.9 Å². The molecule has 0 radical (unpaired) electrons. The zero-order chi connectivity index (χ0) is 14.5. The second-order valence-corrected chi connectivity index (χ2v) is 6.23. The molecule has 2 rings (SSSR count). The van der Waals surface area contributed by atoms with Crippen molar-refractivity contribution in [3.8, 4) is 0 Å². The van der Waals surface area contributed by atoms with Crippen LogP contribution in [-0.2, 0) is 0 Å². The number of halogens is 1. The Balaban J connectivity index is 2.21. The Morgan fingerprint density at radius 3 is 2.85 bits per heavy atom. The Bertz CT molecular complexity index is 424. The summed E-state index contributed by atoms with van der Waals surface area (Å²) in [5.41, 5.74) is 1.29. The molecule has 20 heavy (non-hydrogen) atoms. The van der Waals surface area contributed by atoms with Crippen molar-refractivity contribution in [1.82, 2.24) is 15.1 Å². The topological polar surface area (TPSA) is 18.5 Å². The summed E-state index contributed by atoms with van der Waals surface area (Å²) >= 11 is 6.18. The highest BCUT2D eigenvalue weighted by Gasteiger charge is 2.30. The minimum absolute atomic E-state index is 0.335. The smallest absolute Gasteiger partial charge is 0.0491 e. The molecule has 112 valence electrons. The van der Waals surface area contributed by atoms with Crippen LogP contribution < -0.4 is 5.32 Å². The van der Waals surface area contributed by atoms with Gasteiger partial charge < -0.3 is 10.2 Å². The molecule has 0 amide bonds. The van der Waals surface area contributed by atoms with Crippen LogP contribution in [0.5, 0.6) is 0 Å². The molecule has 1 aromatic carbocycles.